The maximum absolute atomic E-state index is 12.9. The third-order valence-electron chi connectivity index (χ3n) is 5.66. The summed E-state index contributed by atoms with van der Waals surface area (Å²) in [5, 5.41) is 3.40. The molecule has 1 aliphatic rings. The maximum Gasteiger partial charge on any atom is 0.255 e. The number of nitrogens with one attached hydrogen (secondary N) is 1. The molecule has 0 bridgehead atoms. The number of carbonyl (C=O) groups excluding carboxylic acids is 2. The summed E-state index contributed by atoms with van der Waals surface area (Å²) < 4.78 is 0. The molecule has 4 aromatic rings. The molecular formula is C28H20ClNO2S. The van der Waals surface area contributed by atoms with Gasteiger partial charge in [-0.2, -0.15) is 0 Å². The number of Topliss-reactive ketones (excluding diaryl/α,β-unsaturated/α-hetero) is 1. The van der Waals surface area contributed by atoms with E-state index in [9.17, 15) is 9.59 Å². The van der Waals surface area contributed by atoms with Gasteiger partial charge in [-0.05, 0) is 71.1 Å². The highest BCUT2D eigenvalue weighted by Crippen LogP contribution is 2.37. The molecule has 0 aromatic heterocycles. The molecule has 0 atom stereocenters. The fourth-order valence-corrected chi connectivity index (χ4v) is 5.09. The van der Waals surface area contributed by atoms with Crippen LogP contribution in [-0.2, 0) is 6.42 Å². The summed E-state index contributed by atoms with van der Waals surface area (Å²) in [5.74, 6) is 0.194. The van der Waals surface area contributed by atoms with Crippen LogP contribution in [0.1, 0.15) is 31.8 Å². The normalized spacial score (nSPS) is 11.5. The zero-order chi connectivity index (χ0) is 22.8. The lowest BCUT2D eigenvalue weighted by Crippen LogP contribution is -2.11. The number of anilines is 1. The van der Waals surface area contributed by atoms with Gasteiger partial charge in [-0.3, -0.25) is 9.59 Å². The van der Waals surface area contributed by atoms with Gasteiger partial charge in [0.05, 0.1) is 5.75 Å². The van der Waals surface area contributed by atoms with Gasteiger partial charge in [-0.15, -0.1) is 11.8 Å². The van der Waals surface area contributed by atoms with Gasteiger partial charge < -0.3 is 5.32 Å². The number of amides is 1. The summed E-state index contributed by atoms with van der Waals surface area (Å²) in [6.45, 7) is 0. The Morgan fingerprint density at radius 3 is 2.48 bits per heavy atom. The van der Waals surface area contributed by atoms with Crippen molar-refractivity contribution in [3.05, 3.63) is 118 Å². The van der Waals surface area contributed by atoms with Crippen molar-refractivity contribution in [3.63, 3.8) is 0 Å². The number of thioether (sulfide) groups is 1. The molecule has 33 heavy (non-hydrogen) atoms. The molecule has 3 nitrogen and oxygen atoms in total. The van der Waals surface area contributed by atoms with Gasteiger partial charge in [0.15, 0.2) is 5.78 Å². The van der Waals surface area contributed by atoms with E-state index in [0.29, 0.717) is 22.0 Å². The van der Waals surface area contributed by atoms with Gasteiger partial charge in [-0.1, -0.05) is 60.1 Å². The molecule has 4 aromatic carbocycles. The lowest BCUT2D eigenvalue weighted by Gasteiger charge is -2.08. The number of hydrogen-bond acceptors (Lipinski definition) is 3. The number of halogens is 1. The minimum Gasteiger partial charge on any atom is -0.322 e. The molecule has 0 unspecified atom stereocenters. The highest BCUT2D eigenvalue weighted by molar-refractivity contribution is 8.00. The number of carbonyl (C=O) groups is 2. The molecule has 0 radical (unpaired) electrons. The average Bonchev–Trinajstić information content (AvgIpc) is 3.20. The Morgan fingerprint density at radius 2 is 1.61 bits per heavy atom. The van der Waals surface area contributed by atoms with E-state index in [1.54, 1.807) is 24.3 Å². The predicted octanol–water partition coefficient (Wildman–Crippen LogP) is 7.14. The Hall–Kier alpha value is -3.34. The van der Waals surface area contributed by atoms with E-state index < -0.39 is 0 Å². The minimum atomic E-state index is -0.227. The first-order chi connectivity index (χ1) is 16.1. The second-order valence-electron chi connectivity index (χ2n) is 7.91. The first-order valence-electron chi connectivity index (χ1n) is 10.6. The van der Waals surface area contributed by atoms with E-state index in [1.165, 1.54) is 34.0 Å². The van der Waals surface area contributed by atoms with Crippen LogP contribution in [0.3, 0.4) is 0 Å². The predicted molar refractivity (Wildman–Crippen MR) is 136 cm³/mol. The van der Waals surface area contributed by atoms with Crippen LogP contribution in [0.2, 0.25) is 5.02 Å². The smallest absolute Gasteiger partial charge is 0.255 e. The van der Waals surface area contributed by atoms with Crippen molar-refractivity contribution in [2.75, 3.05) is 11.1 Å². The molecule has 1 amide bonds. The van der Waals surface area contributed by atoms with E-state index in [4.69, 9.17) is 11.6 Å². The van der Waals surface area contributed by atoms with Gasteiger partial charge in [-0.25, -0.2) is 0 Å². The van der Waals surface area contributed by atoms with Gasteiger partial charge in [0.1, 0.15) is 0 Å². The monoisotopic (exact) mass is 469 g/mol. The third-order valence-corrected chi connectivity index (χ3v) is 6.89. The summed E-state index contributed by atoms with van der Waals surface area (Å²) in [6.07, 6.45) is 0.869. The summed E-state index contributed by atoms with van der Waals surface area (Å²) in [7, 11) is 0. The second-order valence-corrected chi connectivity index (χ2v) is 9.40. The molecule has 0 aliphatic heterocycles. The zero-order valence-electron chi connectivity index (χ0n) is 17.7. The van der Waals surface area contributed by atoms with E-state index >= 15 is 0 Å². The SMILES string of the molecule is O=C(CSc1cccc(NC(=O)c2cccc(Cl)c2)c1)c1ccc2c(c1)Cc1ccccc1-2. The maximum atomic E-state index is 12.9. The van der Waals surface area contributed by atoms with E-state index in [2.05, 4.69) is 35.6 Å². The quantitative estimate of drug-likeness (QED) is 0.212. The van der Waals surface area contributed by atoms with Crippen molar-refractivity contribution in [1.82, 2.24) is 0 Å². The summed E-state index contributed by atoms with van der Waals surface area (Å²) in [6, 6.07) is 28.7. The molecule has 0 heterocycles. The number of rotatable bonds is 6. The van der Waals surface area contributed by atoms with Gasteiger partial charge in [0, 0.05) is 26.7 Å². The largest absolute Gasteiger partial charge is 0.322 e. The molecular weight excluding hydrogens is 450 g/mol. The van der Waals surface area contributed by atoms with E-state index in [0.717, 1.165) is 16.9 Å². The van der Waals surface area contributed by atoms with Crippen molar-refractivity contribution < 1.29 is 9.59 Å². The van der Waals surface area contributed by atoms with Gasteiger partial charge >= 0.3 is 0 Å². The highest BCUT2D eigenvalue weighted by Gasteiger charge is 2.19. The van der Waals surface area contributed by atoms with Crippen molar-refractivity contribution in [2.24, 2.45) is 0 Å². The third kappa shape index (κ3) is 4.72. The Labute approximate surface area is 201 Å². The Kier molecular flexibility index (Phi) is 6.03. The summed E-state index contributed by atoms with van der Waals surface area (Å²) in [4.78, 5) is 26.3. The fraction of sp³-hybridized carbons (Fsp3) is 0.0714. The van der Waals surface area contributed by atoms with Crippen LogP contribution < -0.4 is 5.32 Å². The molecule has 0 spiro atoms. The number of ketones is 1. The Morgan fingerprint density at radius 1 is 0.788 bits per heavy atom. The number of fused-ring (bicyclic) bond motifs is 3. The molecule has 0 saturated carbocycles. The van der Waals surface area contributed by atoms with Crippen LogP contribution in [0, 0.1) is 0 Å². The molecule has 5 heteroatoms. The minimum absolute atomic E-state index is 0.0899. The fourth-order valence-electron chi connectivity index (χ4n) is 4.05. The zero-order valence-corrected chi connectivity index (χ0v) is 19.2. The standard InChI is InChI=1S/C28H20ClNO2S/c29-22-7-3-6-20(15-22)28(32)30-23-8-4-9-24(16-23)33-17-27(31)19-11-12-26-21(14-19)13-18-5-1-2-10-25(18)26/h1-12,14-16H,13,17H2,(H,30,32). The Balaban J connectivity index is 1.23. The topological polar surface area (TPSA) is 46.2 Å². The van der Waals surface area contributed by atoms with E-state index in [-0.39, 0.29) is 11.7 Å². The lowest BCUT2D eigenvalue weighted by atomic mass is 10.0. The van der Waals surface area contributed by atoms with Gasteiger partial charge in [0.25, 0.3) is 5.91 Å². The first-order valence-corrected chi connectivity index (χ1v) is 12.0. The van der Waals surface area contributed by atoms with Crippen LogP contribution in [0.25, 0.3) is 11.1 Å². The van der Waals surface area contributed by atoms with Crippen LogP contribution in [0.4, 0.5) is 5.69 Å². The lowest BCUT2D eigenvalue weighted by molar-refractivity contribution is 0.101. The van der Waals surface area contributed by atoms with Crippen LogP contribution in [0.15, 0.2) is 95.9 Å². The van der Waals surface area contributed by atoms with Crippen LogP contribution in [-0.4, -0.2) is 17.4 Å². The molecule has 5 rings (SSSR count). The second kappa shape index (κ2) is 9.26. The van der Waals surface area contributed by atoms with Gasteiger partial charge in [0.2, 0.25) is 0 Å². The first kappa shape index (κ1) is 21.5. The molecule has 1 aliphatic carbocycles. The van der Waals surface area contributed by atoms with Crippen molar-refractivity contribution in [1.29, 1.82) is 0 Å². The summed E-state index contributed by atoms with van der Waals surface area (Å²) >= 11 is 7.44. The molecule has 162 valence electrons. The summed E-state index contributed by atoms with van der Waals surface area (Å²) in [5.41, 5.74) is 6.90. The van der Waals surface area contributed by atoms with Crippen LogP contribution in [0.5, 0.6) is 0 Å². The van der Waals surface area contributed by atoms with Crippen molar-refractivity contribution in [3.8, 4) is 11.1 Å². The number of hydrogen-bond donors (Lipinski definition) is 1. The van der Waals surface area contributed by atoms with Crippen LogP contribution >= 0.6 is 23.4 Å². The molecule has 0 saturated heterocycles. The molecule has 0 fully saturated rings. The molecule has 1 N–H and O–H groups in total. The Bertz CT molecular complexity index is 1380. The average molecular weight is 470 g/mol. The number of benzene rings is 4. The van der Waals surface area contributed by atoms with E-state index in [1.807, 2.05) is 36.4 Å². The van der Waals surface area contributed by atoms with Crippen molar-refractivity contribution >= 4 is 40.7 Å². The van der Waals surface area contributed by atoms with Crippen molar-refractivity contribution in [2.45, 2.75) is 11.3 Å². The highest BCUT2D eigenvalue weighted by atomic mass is 35.5.